The van der Waals surface area contributed by atoms with Crippen LogP contribution >= 0.6 is 11.6 Å². The molecule has 3 aromatic rings. The van der Waals surface area contributed by atoms with Crippen LogP contribution in [0.1, 0.15) is 39.0 Å². The smallest absolute Gasteiger partial charge is 0.249 e. The lowest BCUT2D eigenvalue weighted by Gasteiger charge is -2.36. The summed E-state index contributed by atoms with van der Waals surface area (Å²) in [5.74, 6) is -1.19. The molecule has 214 valence electrons. The zero-order chi connectivity index (χ0) is 28.9. The lowest BCUT2D eigenvalue weighted by atomic mass is 9.83. The molecule has 3 atom stereocenters. The van der Waals surface area contributed by atoms with Crippen LogP contribution in [-0.2, 0) is 19.9 Å². The van der Waals surface area contributed by atoms with Gasteiger partial charge in [-0.15, -0.1) is 0 Å². The Labute approximate surface area is 237 Å². The number of halogens is 2. The van der Waals surface area contributed by atoms with Crippen molar-refractivity contribution in [2.75, 3.05) is 17.3 Å². The molecule has 0 spiro atoms. The number of anilines is 1. The maximum Gasteiger partial charge on any atom is 0.249 e. The largest absolute Gasteiger partial charge is 0.389 e. The predicted molar refractivity (Wildman–Crippen MR) is 152 cm³/mol. The van der Waals surface area contributed by atoms with E-state index in [1.54, 1.807) is 31.2 Å². The Balaban J connectivity index is 1.52. The van der Waals surface area contributed by atoms with Crippen molar-refractivity contribution in [1.82, 2.24) is 18.9 Å². The van der Waals surface area contributed by atoms with Gasteiger partial charge in [-0.2, -0.15) is 0 Å². The third-order valence-electron chi connectivity index (χ3n) is 7.30. The fraction of sp³-hybridized carbons (Fsp3) is 0.423. The first-order valence-electron chi connectivity index (χ1n) is 12.7. The maximum atomic E-state index is 14.9. The van der Waals surface area contributed by atoms with Crippen LogP contribution < -0.4 is 5.32 Å². The standard InChI is InChI=1S/C26H29ClFN5O5S2/c1-25(9-3-6-17(27)12-25)40(37,38)33-15-20(19-8-5-11-29-24(19)33)22-30-14-21(28)23(32-22)31-18-7-4-10-26(34,13-18)16-39(2,35)36/h3,5-6,8,11-12,14-15,18,34H,4,7,9-10,13,16H2,1-2H3,(H,30,31,32)/t18-,25?,26+/m0/s1. The van der Waals surface area contributed by atoms with Crippen LogP contribution in [0, 0.1) is 5.82 Å². The summed E-state index contributed by atoms with van der Waals surface area (Å²) in [5, 5.41) is 14.6. The maximum absolute atomic E-state index is 14.9. The van der Waals surface area contributed by atoms with Crippen LogP contribution in [0.15, 0.2) is 54.0 Å². The molecule has 2 aliphatic rings. The Hall–Kier alpha value is -2.87. The number of hydrogen-bond donors (Lipinski definition) is 2. The molecule has 0 bridgehead atoms. The fourth-order valence-corrected chi connectivity index (χ4v) is 8.76. The van der Waals surface area contributed by atoms with Gasteiger partial charge in [0.1, 0.15) is 14.6 Å². The average Bonchev–Trinajstić information content (AvgIpc) is 3.24. The highest BCUT2D eigenvalue weighted by atomic mass is 35.5. The first-order chi connectivity index (χ1) is 18.7. The van der Waals surface area contributed by atoms with Gasteiger partial charge >= 0.3 is 0 Å². The third-order valence-corrected chi connectivity index (χ3v) is 10.9. The summed E-state index contributed by atoms with van der Waals surface area (Å²) in [5.41, 5.74) is -0.930. The highest BCUT2D eigenvalue weighted by Gasteiger charge is 2.41. The van der Waals surface area contributed by atoms with Crippen LogP contribution in [-0.4, -0.2) is 69.3 Å². The number of fused-ring (bicyclic) bond motifs is 1. The molecule has 2 N–H and O–H groups in total. The van der Waals surface area contributed by atoms with Gasteiger partial charge in [0.05, 0.1) is 17.6 Å². The Morgan fingerprint density at radius 3 is 2.77 bits per heavy atom. The zero-order valence-electron chi connectivity index (χ0n) is 21.9. The molecule has 3 heterocycles. The lowest BCUT2D eigenvalue weighted by Crippen LogP contribution is -2.45. The molecule has 1 saturated carbocycles. The van der Waals surface area contributed by atoms with Gasteiger partial charge in [0.2, 0.25) is 10.0 Å². The predicted octanol–water partition coefficient (Wildman–Crippen LogP) is 3.78. The number of nitrogens with one attached hydrogen (secondary N) is 1. The van der Waals surface area contributed by atoms with Crippen LogP contribution in [0.3, 0.4) is 0 Å². The van der Waals surface area contributed by atoms with Gasteiger partial charge in [-0.05, 0) is 63.3 Å². The molecule has 10 nitrogen and oxygen atoms in total. The van der Waals surface area contributed by atoms with E-state index >= 15 is 0 Å². The lowest BCUT2D eigenvalue weighted by molar-refractivity contribution is 0.0214. The van der Waals surface area contributed by atoms with Gasteiger partial charge < -0.3 is 10.4 Å². The van der Waals surface area contributed by atoms with Crippen molar-refractivity contribution in [1.29, 1.82) is 0 Å². The Morgan fingerprint density at radius 2 is 2.05 bits per heavy atom. The highest BCUT2D eigenvalue weighted by Crippen LogP contribution is 2.37. The van der Waals surface area contributed by atoms with Crippen molar-refractivity contribution in [3.8, 4) is 11.4 Å². The Bertz CT molecular complexity index is 1760. The van der Waals surface area contributed by atoms with E-state index in [1.165, 1.54) is 18.5 Å². The normalized spacial score (nSPS) is 25.6. The molecule has 2 aliphatic carbocycles. The highest BCUT2D eigenvalue weighted by molar-refractivity contribution is 7.91. The van der Waals surface area contributed by atoms with Gasteiger partial charge in [0.25, 0.3) is 0 Å². The number of allylic oxidation sites excluding steroid dienone is 3. The van der Waals surface area contributed by atoms with Crippen molar-refractivity contribution in [3.63, 3.8) is 0 Å². The van der Waals surface area contributed by atoms with E-state index in [0.717, 1.165) is 16.4 Å². The average molecular weight is 610 g/mol. The second kappa shape index (κ2) is 10.2. The van der Waals surface area contributed by atoms with E-state index < -0.39 is 42.1 Å². The summed E-state index contributed by atoms with van der Waals surface area (Å²) < 4.78 is 66.0. The van der Waals surface area contributed by atoms with Crippen molar-refractivity contribution in [2.45, 2.75) is 55.4 Å². The fourth-order valence-electron chi connectivity index (χ4n) is 5.47. The number of rotatable bonds is 7. The molecule has 1 unspecified atom stereocenters. The molecule has 0 amide bonds. The van der Waals surface area contributed by atoms with E-state index in [9.17, 15) is 26.3 Å². The number of aromatic nitrogens is 4. The third kappa shape index (κ3) is 5.52. The van der Waals surface area contributed by atoms with Gasteiger partial charge in [0.15, 0.2) is 23.1 Å². The summed E-state index contributed by atoms with van der Waals surface area (Å²) in [4.78, 5) is 12.8. The zero-order valence-corrected chi connectivity index (χ0v) is 24.3. The first kappa shape index (κ1) is 28.7. The molecule has 0 aliphatic heterocycles. The van der Waals surface area contributed by atoms with Crippen LogP contribution in [0.4, 0.5) is 10.2 Å². The van der Waals surface area contributed by atoms with E-state index in [0.29, 0.717) is 35.2 Å². The minimum Gasteiger partial charge on any atom is -0.389 e. The molecule has 40 heavy (non-hydrogen) atoms. The van der Waals surface area contributed by atoms with E-state index in [1.807, 2.05) is 0 Å². The summed E-state index contributed by atoms with van der Waals surface area (Å²) >= 11 is 6.15. The van der Waals surface area contributed by atoms with Crippen molar-refractivity contribution < 1.29 is 26.3 Å². The first-order valence-corrected chi connectivity index (χ1v) is 16.5. The van der Waals surface area contributed by atoms with E-state index in [4.69, 9.17) is 11.6 Å². The summed E-state index contributed by atoms with van der Waals surface area (Å²) in [6.45, 7) is 1.58. The Kier molecular flexibility index (Phi) is 7.30. The van der Waals surface area contributed by atoms with Crippen molar-refractivity contribution in [3.05, 3.63) is 59.8 Å². The Morgan fingerprint density at radius 1 is 1.27 bits per heavy atom. The van der Waals surface area contributed by atoms with Gasteiger partial charge in [0, 0.05) is 40.7 Å². The monoisotopic (exact) mass is 609 g/mol. The van der Waals surface area contributed by atoms with Gasteiger partial charge in [-0.3, -0.25) is 0 Å². The molecule has 0 aromatic carbocycles. The molecular weight excluding hydrogens is 581 g/mol. The van der Waals surface area contributed by atoms with Gasteiger partial charge in [-0.25, -0.2) is 40.2 Å². The van der Waals surface area contributed by atoms with Crippen LogP contribution in [0.2, 0.25) is 0 Å². The molecule has 0 radical (unpaired) electrons. The van der Waals surface area contributed by atoms with Crippen molar-refractivity contribution in [2.24, 2.45) is 0 Å². The summed E-state index contributed by atoms with van der Waals surface area (Å²) in [7, 11) is -7.48. The number of sulfone groups is 1. The number of pyridine rings is 1. The minimum absolute atomic E-state index is 0.0697. The van der Waals surface area contributed by atoms with Gasteiger partial charge in [-0.1, -0.05) is 17.7 Å². The second-order valence-electron chi connectivity index (χ2n) is 10.8. The van der Waals surface area contributed by atoms with E-state index in [-0.39, 0.29) is 35.9 Å². The molecule has 14 heteroatoms. The number of hydrogen-bond acceptors (Lipinski definition) is 9. The number of aliphatic hydroxyl groups is 1. The SMILES string of the molecule is CC1(S(=O)(=O)n2cc(-c3ncc(F)c(N[C@H]4CCC[C@](O)(CS(C)(=O)=O)C4)n3)c3cccnc32)C=C(Cl)C=CC1. The van der Waals surface area contributed by atoms with Crippen molar-refractivity contribution >= 4 is 48.3 Å². The number of nitrogens with zero attached hydrogens (tertiary/aromatic N) is 4. The molecule has 0 saturated heterocycles. The molecule has 3 aromatic heterocycles. The topological polar surface area (TPSA) is 144 Å². The second-order valence-corrected chi connectivity index (χ2v) is 15.6. The van der Waals surface area contributed by atoms with Crippen LogP contribution in [0.25, 0.3) is 22.4 Å². The van der Waals surface area contributed by atoms with E-state index in [2.05, 4.69) is 20.3 Å². The summed E-state index contributed by atoms with van der Waals surface area (Å²) in [6.07, 6.45) is 11.5. The molecular formula is C26H29ClFN5O5S2. The van der Waals surface area contributed by atoms with Crippen LogP contribution in [0.5, 0.6) is 0 Å². The molecule has 1 fully saturated rings. The summed E-state index contributed by atoms with van der Waals surface area (Å²) in [6, 6.07) is 2.90. The molecule has 5 rings (SSSR count). The quantitative estimate of drug-likeness (QED) is 0.409. The minimum atomic E-state index is -4.06.